The fourth-order valence-electron chi connectivity index (χ4n) is 3.46. The molecular weight excluding hydrogens is 464 g/mol. The molecule has 1 saturated carbocycles. The van der Waals surface area contributed by atoms with Crippen LogP contribution in [0.25, 0.3) is 0 Å². The molecule has 0 bridgehead atoms. The molecule has 0 radical (unpaired) electrons. The zero-order valence-electron chi connectivity index (χ0n) is 17.8. The minimum Gasteiger partial charge on any atom is -0.383 e. The van der Waals surface area contributed by atoms with Crippen LogP contribution in [0.4, 0.5) is 5.82 Å². The molecule has 1 aliphatic carbocycles. The molecule has 164 valence electrons. The fourth-order valence-corrected chi connectivity index (χ4v) is 3.67. The smallest absolute Gasteiger partial charge is 0.175 e. The highest BCUT2D eigenvalue weighted by molar-refractivity contribution is 9.12. The van der Waals surface area contributed by atoms with Gasteiger partial charge in [-0.25, -0.2) is 4.99 Å². The lowest BCUT2D eigenvalue weighted by Crippen LogP contribution is -2.27. The van der Waals surface area contributed by atoms with E-state index in [0.717, 1.165) is 5.69 Å². The molecular formula is C25H27BrN6. The van der Waals surface area contributed by atoms with Crippen LogP contribution in [0.15, 0.2) is 94.8 Å². The number of rotatable bonds is 10. The summed E-state index contributed by atoms with van der Waals surface area (Å²) in [6.45, 7) is 4.77. The Kier molecular flexibility index (Phi) is 7.07. The van der Waals surface area contributed by atoms with Crippen molar-refractivity contribution in [2.45, 2.75) is 24.7 Å². The molecule has 1 heterocycles. The molecule has 4 rings (SSSR count). The first-order valence-electron chi connectivity index (χ1n) is 10.6. The lowest BCUT2D eigenvalue weighted by molar-refractivity contribution is 0.683. The molecule has 32 heavy (non-hydrogen) atoms. The van der Waals surface area contributed by atoms with Crippen molar-refractivity contribution in [1.29, 1.82) is 0 Å². The van der Waals surface area contributed by atoms with Crippen molar-refractivity contribution in [3.05, 3.63) is 107 Å². The van der Waals surface area contributed by atoms with Gasteiger partial charge in [-0.15, -0.1) is 0 Å². The highest BCUT2D eigenvalue weighted by Crippen LogP contribution is 2.39. The minimum absolute atomic E-state index is 0.204. The summed E-state index contributed by atoms with van der Waals surface area (Å²) in [5.74, 6) is 2.39. The van der Waals surface area contributed by atoms with E-state index in [1.54, 1.807) is 6.20 Å². The number of amidine groups is 1. The molecule has 1 fully saturated rings. The van der Waals surface area contributed by atoms with E-state index in [1.807, 2.05) is 18.2 Å². The van der Waals surface area contributed by atoms with Gasteiger partial charge >= 0.3 is 0 Å². The first kappa shape index (κ1) is 21.9. The van der Waals surface area contributed by atoms with Crippen LogP contribution >= 0.6 is 15.9 Å². The average molecular weight is 491 g/mol. The molecule has 0 atom stereocenters. The molecule has 0 saturated heterocycles. The van der Waals surface area contributed by atoms with Gasteiger partial charge in [0.05, 0.1) is 10.3 Å². The number of nitrogens with one attached hydrogen (secondary N) is 3. The Bertz CT molecular complexity index is 1060. The molecule has 2 aromatic carbocycles. The first-order valence-corrected chi connectivity index (χ1v) is 11.4. The third-order valence-electron chi connectivity index (χ3n) is 5.38. The van der Waals surface area contributed by atoms with Crippen LogP contribution in [0.3, 0.4) is 0 Å². The summed E-state index contributed by atoms with van der Waals surface area (Å²) >= 11 is 3.47. The predicted octanol–water partition coefficient (Wildman–Crippen LogP) is 4.99. The molecule has 0 unspecified atom stereocenters. The Morgan fingerprint density at radius 3 is 2.38 bits per heavy atom. The Morgan fingerprint density at radius 1 is 1.16 bits per heavy atom. The van der Waals surface area contributed by atoms with E-state index >= 15 is 0 Å². The summed E-state index contributed by atoms with van der Waals surface area (Å²) in [7, 11) is 0. The van der Waals surface area contributed by atoms with Crippen molar-refractivity contribution in [2.75, 3.05) is 6.54 Å². The topological polar surface area (TPSA) is 91.1 Å². The van der Waals surface area contributed by atoms with Gasteiger partial charge in [0.1, 0.15) is 5.84 Å². The van der Waals surface area contributed by atoms with Crippen molar-refractivity contribution >= 4 is 27.6 Å². The van der Waals surface area contributed by atoms with Crippen molar-refractivity contribution in [3.63, 3.8) is 0 Å². The molecule has 1 aliphatic rings. The van der Waals surface area contributed by atoms with Crippen LogP contribution in [-0.4, -0.2) is 22.6 Å². The molecule has 5 N–H and O–H groups in total. The van der Waals surface area contributed by atoms with E-state index in [0.29, 0.717) is 34.4 Å². The van der Waals surface area contributed by atoms with Gasteiger partial charge in [-0.05, 0) is 39.9 Å². The van der Waals surface area contributed by atoms with E-state index in [9.17, 15) is 0 Å². The van der Waals surface area contributed by atoms with Gasteiger partial charge < -0.3 is 16.4 Å². The zero-order valence-corrected chi connectivity index (χ0v) is 19.3. The summed E-state index contributed by atoms with van der Waals surface area (Å²) in [6, 6.07) is 22.8. The average Bonchev–Trinajstić information content (AvgIpc) is 3.58. The van der Waals surface area contributed by atoms with Gasteiger partial charge in [-0.1, -0.05) is 67.2 Å². The van der Waals surface area contributed by atoms with Crippen LogP contribution in [0.5, 0.6) is 0 Å². The maximum absolute atomic E-state index is 6.10. The number of benzene rings is 2. The van der Waals surface area contributed by atoms with Gasteiger partial charge in [-0.3, -0.25) is 5.10 Å². The number of aromatic nitrogens is 2. The van der Waals surface area contributed by atoms with Crippen molar-refractivity contribution in [3.8, 4) is 0 Å². The van der Waals surface area contributed by atoms with Crippen LogP contribution < -0.4 is 16.4 Å². The third-order valence-corrected chi connectivity index (χ3v) is 6.01. The maximum Gasteiger partial charge on any atom is 0.175 e. The molecule has 0 spiro atoms. The molecule has 7 heteroatoms. The highest BCUT2D eigenvalue weighted by Gasteiger charge is 2.25. The molecule has 6 nitrogen and oxygen atoms in total. The molecule has 0 aliphatic heterocycles. The fraction of sp³-hybridized carbons (Fsp3) is 0.200. The van der Waals surface area contributed by atoms with E-state index in [-0.39, 0.29) is 5.92 Å². The van der Waals surface area contributed by atoms with Gasteiger partial charge in [0.2, 0.25) is 0 Å². The second kappa shape index (κ2) is 10.3. The summed E-state index contributed by atoms with van der Waals surface area (Å²) in [5.41, 5.74) is 9.72. The van der Waals surface area contributed by atoms with E-state index < -0.39 is 0 Å². The quantitative estimate of drug-likeness (QED) is 0.238. The summed E-state index contributed by atoms with van der Waals surface area (Å²) in [6.07, 6.45) is 4.14. The van der Waals surface area contributed by atoms with Crippen LogP contribution in [-0.2, 0) is 0 Å². The number of H-pyrrole nitrogens is 1. The van der Waals surface area contributed by atoms with E-state index in [1.165, 1.54) is 24.0 Å². The van der Waals surface area contributed by atoms with Crippen LogP contribution in [0.1, 0.15) is 41.5 Å². The SMILES string of the molecule is C=C(NC=C(Br)C(N)=Nc1cc(C2CC2)[nH]n1)NCC(c1ccccc1)c1ccccc1. The number of aliphatic imine (C=N–C) groups is 1. The lowest BCUT2D eigenvalue weighted by atomic mass is 9.91. The number of aromatic amines is 1. The number of halogens is 1. The molecule has 0 amide bonds. The lowest BCUT2D eigenvalue weighted by Gasteiger charge is -2.20. The Labute approximate surface area is 196 Å². The Balaban J connectivity index is 1.35. The van der Waals surface area contributed by atoms with Crippen LogP contribution in [0, 0.1) is 0 Å². The normalized spacial score (nSPS) is 14.4. The van der Waals surface area contributed by atoms with E-state index in [2.05, 4.69) is 96.9 Å². The van der Waals surface area contributed by atoms with Gasteiger partial charge in [-0.2, -0.15) is 5.10 Å². The summed E-state index contributed by atoms with van der Waals surface area (Å²) < 4.78 is 0.624. The standard InChI is InChI=1S/C25H27BrN6/c1-17(28-15-21(18-8-4-2-5-9-18)19-10-6-3-7-11-19)29-16-22(26)25(27)30-24-14-23(31-32-24)20-12-13-20/h2-11,14,16,20-21,28-29H,1,12-13,15H2,(H3,27,30,31,32). The Morgan fingerprint density at radius 2 is 1.78 bits per heavy atom. The summed E-state index contributed by atoms with van der Waals surface area (Å²) in [4.78, 5) is 4.37. The van der Waals surface area contributed by atoms with Crippen molar-refractivity contribution in [2.24, 2.45) is 10.7 Å². The maximum atomic E-state index is 6.10. The second-order valence-corrected chi connectivity index (χ2v) is 8.68. The molecule has 3 aromatic rings. The van der Waals surface area contributed by atoms with Gasteiger partial charge in [0.15, 0.2) is 5.82 Å². The number of hydrogen-bond acceptors (Lipinski definition) is 4. The van der Waals surface area contributed by atoms with Crippen LogP contribution in [0.2, 0.25) is 0 Å². The van der Waals surface area contributed by atoms with Crippen molar-refractivity contribution < 1.29 is 0 Å². The minimum atomic E-state index is 0.204. The Hall–Kier alpha value is -3.32. The first-order chi connectivity index (χ1) is 15.6. The second-order valence-electron chi connectivity index (χ2n) is 7.82. The molecule has 1 aromatic heterocycles. The predicted molar refractivity (Wildman–Crippen MR) is 134 cm³/mol. The summed E-state index contributed by atoms with van der Waals surface area (Å²) in [5, 5.41) is 13.8. The van der Waals surface area contributed by atoms with Gasteiger partial charge in [0, 0.05) is 36.3 Å². The number of nitrogens with zero attached hydrogens (tertiary/aromatic N) is 2. The highest BCUT2D eigenvalue weighted by atomic mass is 79.9. The zero-order chi connectivity index (χ0) is 22.3. The monoisotopic (exact) mass is 490 g/mol. The number of hydrogen-bond donors (Lipinski definition) is 4. The van der Waals surface area contributed by atoms with Gasteiger partial charge in [0.25, 0.3) is 0 Å². The van der Waals surface area contributed by atoms with E-state index in [4.69, 9.17) is 5.73 Å². The third kappa shape index (κ3) is 5.88. The van der Waals surface area contributed by atoms with Crippen molar-refractivity contribution in [1.82, 2.24) is 20.8 Å². The largest absolute Gasteiger partial charge is 0.383 e. The number of nitrogens with two attached hydrogens (primary N) is 1.